The lowest BCUT2D eigenvalue weighted by atomic mass is 10.0. The third kappa shape index (κ3) is 5.30. The molecule has 0 atom stereocenters. The van der Waals surface area contributed by atoms with Crippen LogP contribution in [-0.4, -0.2) is 39.4 Å². The lowest BCUT2D eigenvalue weighted by Gasteiger charge is -2.43. The predicted molar refractivity (Wildman–Crippen MR) is 147 cm³/mol. The molecule has 1 aliphatic rings. The molecule has 0 amide bonds. The summed E-state index contributed by atoms with van der Waals surface area (Å²) >= 11 is 0. The number of nitrogens with zero attached hydrogens (tertiary/aromatic N) is 1. The first-order chi connectivity index (χ1) is 16.3. The molecule has 0 radical (unpaired) electrons. The normalized spacial score (nSPS) is 15.9. The van der Waals surface area contributed by atoms with Crippen molar-refractivity contribution in [1.82, 2.24) is 10.2 Å². The van der Waals surface area contributed by atoms with Gasteiger partial charge in [0.25, 0.3) is 0 Å². The van der Waals surface area contributed by atoms with Gasteiger partial charge >= 0.3 is 8.32 Å². The Morgan fingerprint density at radius 3 is 1.97 bits per heavy atom. The van der Waals surface area contributed by atoms with Crippen LogP contribution in [-0.2, 0) is 6.54 Å². The number of likely N-dealkylation sites (tertiary alicyclic amines) is 1. The van der Waals surface area contributed by atoms with E-state index in [4.69, 9.17) is 4.43 Å². The van der Waals surface area contributed by atoms with Gasteiger partial charge in [-0.1, -0.05) is 93.6 Å². The molecule has 0 unspecified atom stereocenters. The van der Waals surface area contributed by atoms with E-state index < -0.39 is 8.32 Å². The second-order valence-electron chi connectivity index (χ2n) is 10.8. The second-order valence-corrected chi connectivity index (χ2v) is 15.1. The molecule has 0 bridgehead atoms. The van der Waals surface area contributed by atoms with E-state index in [1.807, 2.05) is 0 Å². The molecule has 1 aliphatic heterocycles. The van der Waals surface area contributed by atoms with Crippen LogP contribution in [0.2, 0.25) is 5.04 Å². The van der Waals surface area contributed by atoms with Gasteiger partial charge in [-0.05, 0) is 66.9 Å². The highest BCUT2D eigenvalue weighted by atomic mass is 28.4. The van der Waals surface area contributed by atoms with E-state index >= 15 is 0 Å². The number of nitrogens with one attached hydrogen (secondary N) is 1. The van der Waals surface area contributed by atoms with Crippen molar-refractivity contribution in [2.45, 2.75) is 58.2 Å². The Morgan fingerprint density at radius 2 is 1.44 bits per heavy atom. The smallest absolute Gasteiger partial charge is 0.319 e. The zero-order valence-electron chi connectivity index (χ0n) is 21.5. The zero-order chi connectivity index (χ0) is 24.2. The molecule has 34 heavy (non-hydrogen) atoms. The summed E-state index contributed by atoms with van der Waals surface area (Å²) in [6.45, 7) is 12.3. The second kappa shape index (κ2) is 10.5. The monoisotopic (exact) mass is 472 g/mol. The largest absolute Gasteiger partial charge is 0.534 e. The zero-order valence-corrected chi connectivity index (χ0v) is 22.5. The highest BCUT2D eigenvalue weighted by molar-refractivity contribution is 7.00. The number of rotatable bonds is 7. The van der Waals surface area contributed by atoms with Crippen LogP contribution < -0.4 is 20.1 Å². The number of hydrogen-bond donors (Lipinski definition) is 1. The summed E-state index contributed by atoms with van der Waals surface area (Å²) in [7, 11) is -0.442. The third-order valence-corrected chi connectivity index (χ3v) is 12.1. The molecule has 1 saturated heterocycles. The van der Waals surface area contributed by atoms with Gasteiger partial charge in [0.2, 0.25) is 0 Å². The van der Waals surface area contributed by atoms with Gasteiger partial charge in [0.1, 0.15) is 5.75 Å². The van der Waals surface area contributed by atoms with E-state index in [0.717, 1.165) is 25.4 Å². The molecular weight excluding hydrogens is 432 g/mol. The number of hydrogen-bond acceptors (Lipinski definition) is 3. The summed E-state index contributed by atoms with van der Waals surface area (Å²) in [6, 6.07) is 29.1. The van der Waals surface area contributed by atoms with Crippen molar-refractivity contribution < 1.29 is 4.43 Å². The van der Waals surface area contributed by atoms with Crippen molar-refractivity contribution in [3.8, 4) is 5.75 Å². The van der Waals surface area contributed by atoms with Gasteiger partial charge in [-0.3, -0.25) is 0 Å². The highest BCUT2D eigenvalue weighted by Crippen LogP contribution is 2.38. The molecule has 3 nitrogen and oxygen atoms in total. The van der Waals surface area contributed by atoms with Crippen LogP contribution in [0.1, 0.15) is 44.7 Å². The van der Waals surface area contributed by atoms with Crippen LogP contribution >= 0.6 is 0 Å². The van der Waals surface area contributed by atoms with Crippen molar-refractivity contribution in [1.29, 1.82) is 0 Å². The van der Waals surface area contributed by atoms with E-state index in [9.17, 15) is 0 Å². The van der Waals surface area contributed by atoms with E-state index in [2.05, 4.69) is 124 Å². The molecule has 0 saturated carbocycles. The van der Waals surface area contributed by atoms with E-state index in [-0.39, 0.29) is 5.04 Å². The van der Waals surface area contributed by atoms with Crippen LogP contribution in [0, 0.1) is 6.92 Å². The van der Waals surface area contributed by atoms with E-state index in [1.54, 1.807) is 0 Å². The minimum Gasteiger partial charge on any atom is -0.534 e. The Kier molecular flexibility index (Phi) is 7.61. The van der Waals surface area contributed by atoms with Gasteiger partial charge in [-0.15, -0.1) is 0 Å². The molecule has 1 heterocycles. The van der Waals surface area contributed by atoms with Crippen LogP contribution in [0.15, 0.2) is 78.9 Å². The van der Waals surface area contributed by atoms with Crippen molar-refractivity contribution in [3.63, 3.8) is 0 Å². The quantitative estimate of drug-likeness (QED) is 0.483. The minimum absolute atomic E-state index is 0.0574. The summed E-state index contributed by atoms with van der Waals surface area (Å²) in [4.78, 5) is 2.42. The Morgan fingerprint density at radius 1 is 0.882 bits per heavy atom. The molecule has 4 heteroatoms. The minimum atomic E-state index is -2.66. The summed E-state index contributed by atoms with van der Waals surface area (Å²) in [6.07, 6.45) is 2.40. The van der Waals surface area contributed by atoms with Crippen LogP contribution in [0.3, 0.4) is 0 Å². The first-order valence-electron chi connectivity index (χ1n) is 12.6. The van der Waals surface area contributed by atoms with Gasteiger partial charge in [-0.25, -0.2) is 0 Å². The van der Waals surface area contributed by atoms with Crippen LogP contribution in [0.5, 0.6) is 5.75 Å². The summed E-state index contributed by atoms with van der Waals surface area (Å²) < 4.78 is 7.40. The van der Waals surface area contributed by atoms with Gasteiger partial charge in [0.05, 0.1) is 0 Å². The first-order valence-corrected chi connectivity index (χ1v) is 14.5. The fourth-order valence-electron chi connectivity index (χ4n) is 5.18. The van der Waals surface area contributed by atoms with Crippen molar-refractivity contribution in [2.24, 2.45) is 0 Å². The van der Waals surface area contributed by atoms with Crippen LogP contribution in [0.4, 0.5) is 0 Å². The standard InChI is InChI=1S/C30H40N2OSi/c1-24-16-17-25(23-31-26-18-20-32(5)21-19-26)29(22-24)33-34(30(2,3)4,27-12-8-6-9-13-27)28-14-10-7-11-15-28/h6-17,22,26,31H,18-21,23H2,1-5H3. The molecule has 180 valence electrons. The fraction of sp³-hybridized carbons (Fsp3) is 0.400. The van der Waals surface area contributed by atoms with Gasteiger partial charge < -0.3 is 14.6 Å². The van der Waals surface area contributed by atoms with E-state index in [1.165, 1.54) is 34.3 Å². The van der Waals surface area contributed by atoms with Crippen molar-refractivity contribution in [3.05, 3.63) is 90.0 Å². The maximum atomic E-state index is 7.40. The fourth-order valence-corrected chi connectivity index (χ4v) is 9.64. The molecular formula is C30H40N2OSi. The number of piperidine rings is 1. The molecule has 3 aromatic rings. The first kappa shape index (κ1) is 24.7. The highest BCUT2D eigenvalue weighted by Gasteiger charge is 2.52. The molecule has 0 aromatic heterocycles. The number of benzene rings is 3. The van der Waals surface area contributed by atoms with Gasteiger partial charge in [0, 0.05) is 18.2 Å². The molecule has 1 N–H and O–H groups in total. The SMILES string of the molecule is Cc1ccc(CNC2CCN(C)CC2)c(O[Si](c2ccccc2)(c2ccccc2)C(C)(C)C)c1. The third-order valence-electron chi connectivity index (χ3n) is 7.20. The Balaban J connectivity index is 1.74. The Hall–Kier alpha value is -2.40. The maximum Gasteiger partial charge on any atom is 0.319 e. The summed E-state index contributed by atoms with van der Waals surface area (Å²) in [5.74, 6) is 1.02. The lowest BCUT2D eigenvalue weighted by Crippen LogP contribution is -2.69. The average molecular weight is 473 g/mol. The van der Waals surface area contributed by atoms with E-state index in [0.29, 0.717) is 6.04 Å². The number of aryl methyl sites for hydroxylation is 1. The van der Waals surface area contributed by atoms with Crippen molar-refractivity contribution in [2.75, 3.05) is 20.1 Å². The summed E-state index contributed by atoms with van der Waals surface area (Å²) in [5, 5.41) is 6.39. The van der Waals surface area contributed by atoms with Crippen LogP contribution in [0.25, 0.3) is 0 Å². The Bertz CT molecular complexity index is 1010. The maximum absolute atomic E-state index is 7.40. The lowest BCUT2D eigenvalue weighted by molar-refractivity contribution is 0.234. The molecule has 4 rings (SSSR count). The predicted octanol–water partition coefficient (Wildman–Crippen LogP) is 5.12. The summed E-state index contributed by atoms with van der Waals surface area (Å²) in [5.41, 5.74) is 2.48. The van der Waals surface area contributed by atoms with Crippen molar-refractivity contribution >= 4 is 18.7 Å². The Labute approximate surface area is 207 Å². The molecule has 3 aromatic carbocycles. The van der Waals surface area contributed by atoms with Gasteiger partial charge in [-0.2, -0.15) is 0 Å². The molecule has 0 spiro atoms. The average Bonchev–Trinajstić information content (AvgIpc) is 2.83. The van der Waals surface area contributed by atoms with Gasteiger partial charge in [0.15, 0.2) is 0 Å². The molecule has 1 fully saturated rings. The topological polar surface area (TPSA) is 24.5 Å². The molecule has 0 aliphatic carbocycles.